The van der Waals surface area contributed by atoms with Crippen LogP contribution in [0, 0.1) is 0 Å². The van der Waals surface area contributed by atoms with E-state index in [0.29, 0.717) is 18.6 Å². The van der Waals surface area contributed by atoms with E-state index < -0.39 is 0 Å². The van der Waals surface area contributed by atoms with Crippen LogP contribution in [-0.4, -0.2) is 18.9 Å². The molecule has 27 heavy (non-hydrogen) atoms. The fraction of sp³-hybridized carbons (Fsp3) is 0.917. The van der Waals surface area contributed by atoms with Gasteiger partial charge in [-0.1, -0.05) is 96.8 Å². The van der Waals surface area contributed by atoms with Crippen molar-refractivity contribution >= 4 is 11.8 Å². The summed E-state index contributed by atoms with van der Waals surface area (Å²) in [4.78, 5) is 22.8. The number of unbranched alkanes of at least 4 members (excludes halogenated alkanes) is 15. The minimum absolute atomic E-state index is 0.176. The van der Waals surface area contributed by atoms with Crippen LogP contribution in [0.15, 0.2) is 0 Å². The molecular formula is C24H46O3. The fourth-order valence-electron chi connectivity index (χ4n) is 3.51. The molecule has 0 rings (SSSR count). The standard InChI is InChI=1S/C24H46O3/c1-3-4-5-6-7-8-9-10-11-12-13-14-15-16-17-20-23(25)21-18-19-22-24(26)27-2/h3-22H2,1-2H3. The molecule has 0 spiro atoms. The molecular weight excluding hydrogens is 336 g/mol. The minimum Gasteiger partial charge on any atom is -0.469 e. The van der Waals surface area contributed by atoms with Crippen LogP contribution < -0.4 is 0 Å². The summed E-state index contributed by atoms with van der Waals surface area (Å²) in [6.07, 6.45) is 23.6. The van der Waals surface area contributed by atoms with Crippen molar-refractivity contribution in [3.05, 3.63) is 0 Å². The topological polar surface area (TPSA) is 43.4 Å². The maximum Gasteiger partial charge on any atom is 0.305 e. The first-order chi connectivity index (χ1) is 13.2. The molecule has 0 aliphatic heterocycles. The van der Waals surface area contributed by atoms with E-state index in [1.54, 1.807) is 0 Å². The number of ketones is 1. The second kappa shape index (κ2) is 21.4. The molecule has 0 heterocycles. The van der Waals surface area contributed by atoms with Gasteiger partial charge in [0, 0.05) is 19.3 Å². The smallest absolute Gasteiger partial charge is 0.305 e. The van der Waals surface area contributed by atoms with Gasteiger partial charge in [0.25, 0.3) is 0 Å². The van der Waals surface area contributed by atoms with Gasteiger partial charge in [-0.3, -0.25) is 9.59 Å². The fourth-order valence-corrected chi connectivity index (χ4v) is 3.51. The Labute approximate surface area is 169 Å². The number of esters is 1. The van der Waals surface area contributed by atoms with Crippen molar-refractivity contribution in [2.75, 3.05) is 7.11 Å². The molecule has 0 aromatic heterocycles. The predicted octanol–water partition coefficient (Wildman–Crippen LogP) is 7.55. The van der Waals surface area contributed by atoms with Gasteiger partial charge in [-0.05, 0) is 19.3 Å². The molecule has 160 valence electrons. The van der Waals surface area contributed by atoms with E-state index in [0.717, 1.165) is 25.7 Å². The highest BCUT2D eigenvalue weighted by molar-refractivity contribution is 5.78. The van der Waals surface area contributed by atoms with Crippen molar-refractivity contribution in [1.82, 2.24) is 0 Å². The average Bonchev–Trinajstić information content (AvgIpc) is 2.68. The molecule has 0 aliphatic rings. The van der Waals surface area contributed by atoms with E-state index in [9.17, 15) is 9.59 Å². The van der Waals surface area contributed by atoms with Crippen LogP contribution in [0.4, 0.5) is 0 Å². The number of Topliss-reactive ketones (excluding diaryl/α,β-unsaturated/α-hetero) is 1. The molecule has 0 fully saturated rings. The van der Waals surface area contributed by atoms with Crippen LogP contribution in [0.5, 0.6) is 0 Å². The highest BCUT2D eigenvalue weighted by Gasteiger charge is 2.04. The van der Waals surface area contributed by atoms with Gasteiger partial charge >= 0.3 is 5.97 Å². The number of carbonyl (C=O) groups excluding carboxylic acids is 2. The molecule has 0 saturated carbocycles. The Morgan fingerprint density at radius 2 is 0.852 bits per heavy atom. The molecule has 0 amide bonds. The largest absolute Gasteiger partial charge is 0.469 e. The summed E-state index contributed by atoms with van der Waals surface area (Å²) in [6, 6.07) is 0. The Bertz CT molecular complexity index is 339. The summed E-state index contributed by atoms with van der Waals surface area (Å²) in [5, 5.41) is 0. The molecule has 0 atom stereocenters. The van der Waals surface area contributed by atoms with E-state index in [1.807, 2.05) is 0 Å². The van der Waals surface area contributed by atoms with E-state index in [-0.39, 0.29) is 5.97 Å². The third-order valence-electron chi connectivity index (χ3n) is 5.37. The Hall–Kier alpha value is -0.860. The lowest BCUT2D eigenvalue weighted by Crippen LogP contribution is -2.01. The molecule has 0 bridgehead atoms. The lowest BCUT2D eigenvalue weighted by Gasteiger charge is -2.04. The second-order valence-electron chi connectivity index (χ2n) is 8.02. The highest BCUT2D eigenvalue weighted by Crippen LogP contribution is 2.14. The van der Waals surface area contributed by atoms with Crippen LogP contribution in [0.1, 0.15) is 135 Å². The molecule has 0 N–H and O–H groups in total. The number of methoxy groups -OCH3 is 1. The molecule has 0 aromatic rings. The summed E-state index contributed by atoms with van der Waals surface area (Å²) in [7, 11) is 1.41. The van der Waals surface area contributed by atoms with Gasteiger partial charge in [0.1, 0.15) is 5.78 Å². The van der Waals surface area contributed by atoms with Crippen molar-refractivity contribution in [3.63, 3.8) is 0 Å². The zero-order valence-corrected chi connectivity index (χ0v) is 18.4. The van der Waals surface area contributed by atoms with Crippen molar-refractivity contribution in [2.45, 2.75) is 135 Å². The summed E-state index contributed by atoms with van der Waals surface area (Å²) in [5.41, 5.74) is 0. The summed E-state index contributed by atoms with van der Waals surface area (Å²) < 4.78 is 4.59. The predicted molar refractivity (Wildman–Crippen MR) is 115 cm³/mol. The number of hydrogen-bond donors (Lipinski definition) is 0. The molecule has 0 aromatic carbocycles. The first-order valence-electron chi connectivity index (χ1n) is 11.8. The van der Waals surface area contributed by atoms with Crippen LogP contribution in [0.2, 0.25) is 0 Å². The molecule has 0 radical (unpaired) electrons. The van der Waals surface area contributed by atoms with Gasteiger partial charge in [0.05, 0.1) is 7.11 Å². The Morgan fingerprint density at radius 1 is 0.519 bits per heavy atom. The monoisotopic (exact) mass is 382 g/mol. The molecule has 3 heteroatoms. The van der Waals surface area contributed by atoms with Crippen LogP contribution in [0.3, 0.4) is 0 Å². The van der Waals surface area contributed by atoms with Crippen molar-refractivity contribution in [1.29, 1.82) is 0 Å². The maximum atomic E-state index is 11.8. The summed E-state index contributed by atoms with van der Waals surface area (Å²) in [6.45, 7) is 2.28. The van der Waals surface area contributed by atoms with Gasteiger partial charge in [-0.15, -0.1) is 0 Å². The number of hydrogen-bond acceptors (Lipinski definition) is 3. The Balaban J connectivity index is 3.15. The van der Waals surface area contributed by atoms with E-state index in [2.05, 4.69) is 11.7 Å². The van der Waals surface area contributed by atoms with E-state index in [4.69, 9.17) is 0 Å². The number of carbonyl (C=O) groups is 2. The van der Waals surface area contributed by atoms with Gasteiger partial charge in [0.15, 0.2) is 0 Å². The van der Waals surface area contributed by atoms with Crippen molar-refractivity contribution < 1.29 is 14.3 Å². The quantitative estimate of drug-likeness (QED) is 0.152. The zero-order valence-electron chi connectivity index (χ0n) is 18.4. The highest BCUT2D eigenvalue weighted by atomic mass is 16.5. The lowest BCUT2D eigenvalue weighted by molar-refractivity contribution is -0.140. The zero-order chi connectivity index (χ0) is 20.0. The number of ether oxygens (including phenoxy) is 1. The van der Waals surface area contributed by atoms with E-state index in [1.165, 1.54) is 97.0 Å². The van der Waals surface area contributed by atoms with Crippen LogP contribution in [-0.2, 0) is 14.3 Å². The van der Waals surface area contributed by atoms with Crippen LogP contribution >= 0.6 is 0 Å². The minimum atomic E-state index is -0.176. The third-order valence-corrected chi connectivity index (χ3v) is 5.37. The van der Waals surface area contributed by atoms with Gasteiger partial charge in [-0.25, -0.2) is 0 Å². The molecule has 0 saturated heterocycles. The Morgan fingerprint density at radius 3 is 1.26 bits per heavy atom. The van der Waals surface area contributed by atoms with Gasteiger partial charge in [-0.2, -0.15) is 0 Å². The van der Waals surface area contributed by atoms with E-state index >= 15 is 0 Å². The van der Waals surface area contributed by atoms with Crippen molar-refractivity contribution in [2.24, 2.45) is 0 Å². The molecule has 0 unspecified atom stereocenters. The van der Waals surface area contributed by atoms with Gasteiger partial charge in [0.2, 0.25) is 0 Å². The first kappa shape index (κ1) is 26.1. The molecule has 3 nitrogen and oxygen atoms in total. The normalized spacial score (nSPS) is 10.9. The lowest BCUT2D eigenvalue weighted by atomic mass is 10.0. The van der Waals surface area contributed by atoms with Crippen LogP contribution in [0.25, 0.3) is 0 Å². The average molecular weight is 383 g/mol. The SMILES string of the molecule is CCCCCCCCCCCCCCCCCC(=O)CCCCC(=O)OC. The Kier molecular flexibility index (Phi) is 20.8. The third kappa shape index (κ3) is 21.3. The second-order valence-corrected chi connectivity index (χ2v) is 8.02. The summed E-state index contributed by atoms with van der Waals surface area (Å²) in [5.74, 6) is 0.180. The van der Waals surface area contributed by atoms with Crippen molar-refractivity contribution in [3.8, 4) is 0 Å². The summed E-state index contributed by atoms with van der Waals surface area (Å²) >= 11 is 0. The first-order valence-corrected chi connectivity index (χ1v) is 11.8. The number of rotatable bonds is 21. The maximum absolute atomic E-state index is 11.8. The van der Waals surface area contributed by atoms with Gasteiger partial charge < -0.3 is 4.74 Å². The molecule has 0 aliphatic carbocycles.